The van der Waals surface area contributed by atoms with Crippen LogP contribution in [-0.2, 0) is 4.79 Å². The first-order chi connectivity index (χ1) is 7.45. The molecule has 0 bridgehead atoms. The van der Waals surface area contributed by atoms with Gasteiger partial charge in [0.25, 0.3) is 0 Å². The Hall–Kier alpha value is -1.37. The first-order valence-corrected chi connectivity index (χ1v) is 5.54. The van der Waals surface area contributed by atoms with Crippen molar-refractivity contribution in [3.63, 3.8) is 0 Å². The molecule has 0 aliphatic rings. The predicted molar refractivity (Wildman–Crippen MR) is 71.4 cm³/mol. The molecule has 0 saturated carbocycles. The zero-order valence-corrected chi connectivity index (χ0v) is 10.9. The number of carbonyl (C=O) groups is 1. The van der Waals surface area contributed by atoms with Gasteiger partial charge in [0.2, 0.25) is 0 Å². The smallest absolute Gasteiger partial charge is 0.185 e. The highest BCUT2D eigenvalue weighted by atomic mass is 16.1. The van der Waals surface area contributed by atoms with Crippen molar-refractivity contribution in [3.8, 4) is 0 Å². The third-order valence-electron chi connectivity index (χ3n) is 2.45. The number of rotatable bonds is 6. The van der Waals surface area contributed by atoms with Gasteiger partial charge in [0.1, 0.15) is 0 Å². The van der Waals surface area contributed by atoms with Crippen molar-refractivity contribution in [2.45, 2.75) is 40.5 Å². The molecule has 88 valence electrons. The molecule has 0 saturated heterocycles. The van der Waals surface area contributed by atoms with Gasteiger partial charge in [-0.25, -0.2) is 0 Å². The molecule has 1 heteroatoms. The molecular formula is C15H22O. The predicted octanol–water partition coefficient (Wildman–Crippen LogP) is 4.38. The summed E-state index contributed by atoms with van der Waals surface area (Å²) in [6.45, 7) is 15.2. The van der Waals surface area contributed by atoms with Gasteiger partial charge >= 0.3 is 0 Å². The second-order valence-corrected chi connectivity index (χ2v) is 4.27. The van der Waals surface area contributed by atoms with Gasteiger partial charge in [0.05, 0.1) is 0 Å². The molecule has 0 amide bonds. The quantitative estimate of drug-likeness (QED) is 0.477. The first kappa shape index (κ1) is 14.6. The number of carbonyl (C=O) groups excluding carboxylic acids is 1. The van der Waals surface area contributed by atoms with Crippen LogP contribution < -0.4 is 0 Å². The molecule has 16 heavy (non-hydrogen) atoms. The van der Waals surface area contributed by atoms with Crippen molar-refractivity contribution < 1.29 is 4.79 Å². The van der Waals surface area contributed by atoms with E-state index in [1.807, 2.05) is 27.7 Å². The lowest BCUT2D eigenvalue weighted by molar-refractivity contribution is -0.112. The summed E-state index contributed by atoms with van der Waals surface area (Å²) in [6, 6.07) is 0. The maximum Gasteiger partial charge on any atom is 0.185 e. The van der Waals surface area contributed by atoms with Crippen LogP contribution in [0, 0.1) is 0 Å². The summed E-state index contributed by atoms with van der Waals surface area (Å²) in [4.78, 5) is 12.3. The van der Waals surface area contributed by atoms with Gasteiger partial charge in [-0.2, -0.15) is 0 Å². The fraction of sp³-hybridized carbons (Fsp3) is 0.400. The third-order valence-corrected chi connectivity index (χ3v) is 2.45. The zero-order chi connectivity index (χ0) is 12.7. The molecule has 0 rings (SSSR count). The van der Waals surface area contributed by atoms with E-state index in [-0.39, 0.29) is 5.78 Å². The molecule has 0 fully saturated rings. The monoisotopic (exact) mass is 218 g/mol. The van der Waals surface area contributed by atoms with E-state index in [9.17, 15) is 4.79 Å². The summed E-state index contributed by atoms with van der Waals surface area (Å²) in [7, 11) is 0. The number of hydrogen-bond acceptors (Lipinski definition) is 1. The van der Waals surface area contributed by atoms with E-state index in [1.54, 1.807) is 12.2 Å². The van der Waals surface area contributed by atoms with Crippen LogP contribution >= 0.6 is 0 Å². The molecule has 0 aromatic heterocycles. The van der Waals surface area contributed by atoms with Crippen LogP contribution in [0.4, 0.5) is 0 Å². The van der Waals surface area contributed by atoms with Gasteiger partial charge in [0.15, 0.2) is 5.78 Å². The maximum absolute atomic E-state index is 12.3. The highest BCUT2D eigenvalue weighted by molar-refractivity contribution is 6.09. The van der Waals surface area contributed by atoms with Gasteiger partial charge in [0, 0.05) is 11.1 Å². The van der Waals surface area contributed by atoms with Crippen LogP contribution in [0.25, 0.3) is 0 Å². The Labute approximate surface area is 99.3 Å². The van der Waals surface area contributed by atoms with Crippen molar-refractivity contribution in [2.75, 3.05) is 0 Å². The molecule has 0 radical (unpaired) electrons. The normalized spacial score (nSPS) is 9.25. The molecule has 0 aromatic rings. The Morgan fingerprint density at radius 2 is 1.19 bits per heavy atom. The topological polar surface area (TPSA) is 17.1 Å². The molecule has 0 unspecified atom stereocenters. The van der Waals surface area contributed by atoms with Gasteiger partial charge in [-0.1, -0.05) is 23.3 Å². The van der Waals surface area contributed by atoms with Crippen LogP contribution in [0.15, 0.2) is 47.6 Å². The summed E-state index contributed by atoms with van der Waals surface area (Å²) in [5.74, 6) is 0.139. The maximum atomic E-state index is 12.3. The molecule has 0 atom stereocenters. The minimum Gasteiger partial charge on any atom is -0.289 e. The van der Waals surface area contributed by atoms with Crippen LogP contribution in [0.3, 0.4) is 0 Å². The minimum absolute atomic E-state index is 0.139. The Morgan fingerprint density at radius 1 is 0.875 bits per heavy atom. The Morgan fingerprint density at radius 3 is 1.38 bits per heavy atom. The number of Topliss-reactive ketones (excluding diaryl/α,β-unsaturated/α-hetero) is 1. The standard InChI is InChI=1S/C15H22O/c1-7-9-13(11(3)4)15(16)14(10-8-2)12(5)6/h7-8H,1-2,9-10H2,3-6H3. The van der Waals surface area contributed by atoms with E-state index in [0.29, 0.717) is 12.8 Å². The minimum atomic E-state index is 0.139. The summed E-state index contributed by atoms with van der Waals surface area (Å²) in [5, 5.41) is 0. The largest absolute Gasteiger partial charge is 0.289 e. The van der Waals surface area contributed by atoms with Gasteiger partial charge in [-0.3, -0.25) is 4.79 Å². The Bertz CT molecular complexity index is 312. The van der Waals surface area contributed by atoms with Crippen LogP contribution in [0.5, 0.6) is 0 Å². The lowest BCUT2D eigenvalue weighted by atomic mass is 9.93. The summed E-state index contributed by atoms with van der Waals surface area (Å²) >= 11 is 0. The highest BCUT2D eigenvalue weighted by Crippen LogP contribution is 2.20. The Kier molecular flexibility index (Phi) is 6.40. The third kappa shape index (κ3) is 4.01. The number of hydrogen-bond donors (Lipinski definition) is 0. The van der Waals surface area contributed by atoms with E-state index in [1.165, 1.54) is 0 Å². The zero-order valence-electron chi connectivity index (χ0n) is 10.9. The summed E-state index contributed by atoms with van der Waals surface area (Å²) in [5.41, 5.74) is 3.83. The van der Waals surface area contributed by atoms with Gasteiger partial charge in [-0.15, -0.1) is 13.2 Å². The second-order valence-electron chi connectivity index (χ2n) is 4.27. The SMILES string of the molecule is C=CCC(C(=O)C(CC=C)=C(C)C)=C(C)C. The van der Waals surface area contributed by atoms with Crippen molar-refractivity contribution in [1.29, 1.82) is 0 Å². The van der Waals surface area contributed by atoms with Gasteiger partial charge in [-0.05, 0) is 40.5 Å². The summed E-state index contributed by atoms with van der Waals surface area (Å²) < 4.78 is 0. The first-order valence-electron chi connectivity index (χ1n) is 5.54. The molecular weight excluding hydrogens is 196 g/mol. The number of ketones is 1. The highest BCUT2D eigenvalue weighted by Gasteiger charge is 2.15. The fourth-order valence-electron chi connectivity index (χ4n) is 1.52. The average molecular weight is 218 g/mol. The molecule has 0 spiro atoms. The molecule has 0 aliphatic carbocycles. The van der Waals surface area contributed by atoms with Crippen molar-refractivity contribution in [3.05, 3.63) is 47.6 Å². The lowest BCUT2D eigenvalue weighted by Crippen LogP contribution is -2.08. The molecule has 1 nitrogen and oxygen atoms in total. The van der Waals surface area contributed by atoms with E-state index in [2.05, 4.69) is 13.2 Å². The van der Waals surface area contributed by atoms with Gasteiger partial charge < -0.3 is 0 Å². The van der Waals surface area contributed by atoms with Crippen molar-refractivity contribution >= 4 is 5.78 Å². The average Bonchev–Trinajstić information content (AvgIpc) is 2.20. The molecule has 0 N–H and O–H groups in total. The van der Waals surface area contributed by atoms with E-state index in [4.69, 9.17) is 0 Å². The van der Waals surface area contributed by atoms with Crippen molar-refractivity contribution in [2.24, 2.45) is 0 Å². The van der Waals surface area contributed by atoms with Crippen LogP contribution in [0.2, 0.25) is 0 Å². The van der Waals surface area contributed by atoms with Crippen LogP contribution in [0.1, 0.15) is 40.5 Å². The van der Waals surface area contributed by atoms with E-state index in [0.717, 1.165) is 22.3 Å². The Balaban J connectivity index is 5.30. The molecule has 0 aromatic carbocycles. The lowest BCUT2D eigenvalue weighted by Gasteiger charge is -2.11. The van der Waals surface area contributed by atoms with Crippen LogP contribution in [-0.4, -0.2) is 5.78 Å². The fourth-order valence-corrected chi connectivity index (χ4v) is 1.52. The second kappa shape index (κ2) is 7.00. The summed E-state index contributed by atoms with van der Waals surface area (Å²) in [6.07, 6.45) is 4.82. The number of allylic oxidation sites excluding steroid dienone is 6. The van der Waals surface area contributed by atoms with E-state index < -0.39 is 0 Å². The molecule has 0 heterocycles. The van der Waals surface area contributed by atoms with E-state index >= 15 is 0 Å². The molecule has 0 aliphatic heterocycles. The van der Waals surface area contributed by atoms with Crippen molar-refractivity contribution in [1.82, 2.24) is 0 Å².